The van der Waals surface area contributed by atoms with Gasteiger partial charge in [0.2, 0.25) is 0 Å². The first-order chi connectivity index (χ1) is 46.5. The maximum atomic E-state index is 13.0. The van der Waals surface area contributed by atoms with Gasteiger partial charge in [-0.3, -0.25) is 33.7 Å². The van der Waals surface area contributed by atoms with Crippen molar-refractivity contribution in [1.29, 1.82) is 0 Å². The van der Waals surface area contributed by atoms with Gasteiger partial charge in [0.1, 0.15) is 5.01 Å². The van der Waals surface area contributed by atoms with E-state index in [0.29, 0.717) is 45.6 Å². The Bertz CT molecular complexity index is 3850. The van der Waals surface area contributed by atoms with Gasteiger partial charge in [0, 0.05) is 52.2 Å². The summed E-state index contributed by atoms with van der Waals surface area (Å²) < 4.78 is 3.77. The molecule has 2 fully saturated rings. The standard InChI is InChI=1S/C29H32BrN3O4.C23H24BrN3O4S.C21H23BrN2O4/c1-20(21-12-14-24(30)15-13-21)31-28(36)26(34)27(35)29(37)33-18-16-32(17-19-33)25(22-8-4-2-5-9-22)23-10-6-3-7-11-23;1-13(14-8-10-15(24)11-9-14)25-21(30)19(28)20(29)23(31)27-12-4-6-17(27)22-26-16-5-2-3-7-18(16)32-22;1-12(13-6-8-16(22)9-7-13)23-20(27)18(25)19(26)21(28)24-17-10-14-4-2-3-5-15(14)11-17/h2-15,20,25-27,34-35H,16-19H2,1H3,(H,31,36);2-3,5,7-11,13,17,19-20,28-29H,4,6,12H2,1H3,(H,25,30);2-9,12,17-19,25-26H,10-11H2,1H3,(H,23,27)(H,24,28)/t20-,26+,27+;13-,17?,19+,20+;12-,18+,19+/m000/s1. The van der Waals surface area contributed by atoms with Gasteiger partial charge in [-0.25, -0.2) is 4.98 Å². The fourth-order valence-corrected chi connectivity index (χ4v) is 13.9. The van der Waals surface area contributed by atoms with E-state index in [2.05, 4.69) is 103 Å². The number of benzene rings is 7. The molecule has 10 atom stereocenters. The number of rotatable bonds is 20. The molecule has 0 bridgehead atoms. The monoisotopic (exact) mass is 1530 g/mol. The summed E-state index contributed by atoms with van der Waals surface area (Å²) in [6.07, 6.45) is -8.26. The molecule has 0 spiro atoms. The van der Waals surface area contributed by atoms with Crippen LogP contribution in [0.5, 0.6) is 0 Å². The summed E-state index contributed by atoms with van der Waals surface area (Å²) in [4.78, 5) is 85.6. The Morgan fingerprint density at radius 1 is 0.454 bits per heavy atom. The van der Waals surface area contributed by atoms with E-state index in [0.717, 1.165) is 69.3 Å². The van der Waals surface area contributed by atoms with Gasteiger partial charge >= 0.3 is 0 Å². The van der Waals surface area contributed by atoms with Crippen LogP contribution in [0, 0.1) is 0 Å². The Kier molecular flexibility index (Phi) is 26.4. The topological polar surface area (TPSA) is 295 Å². The molecule has 0 saturated carbocycles. The number of nitrogens with zero attached hydrogens (tertiary/aromatic N) is 4. The molecule has 20 nitrogen and oxygen atoms in total. The number of halogens is 3. The van der Waals surface area contributed by atoms with Crippen molar-refractivity contribution < 1.29 is 59.4 Å². The number of likely N-dealkylation sites (tertiary alicyclic amines) is 1. The molecule has 6 amide bonds. The maximum Gasteiger partial charge on any atom is 0.255 e. The van der Waals surface area contributed by atoms with Crippen LogP contribution in [0.1, 0.15) is 108 Å². The average molecular weight is 1530 g/mol. The van der Waals surface area contributed by atoms with Gasteiger partial charge in [-0.2, -0.15) is 0 Å². The van der Waals surface area contributed by atoms with Crippen molar-refractivity contribution in [2.45, 2.75) is 119 Å². The highest BCUT2D eigenvalue weighted by molar-refractivity contribution is 9.11. The predicted molar refractivity (Wildman–Crippen MR) is 380 cm³/mol. The molecule has 97 heavy (non-hydrogen) atoms. The minimum Gasteiger partial charge on any atom is -0.380 e. The Labute approximate surface area is 592 Å². The van der Waals surface area contributed by atoms with Gasteiger partial charge in [-0.05, 0) is 134 Å². The van der Waals surface area contributed by atoms with Crippen LogP contribution in [0.3, 0.4) is 0 Å². The first kappa shape index (κ1) is 73.7. The molecule has 3 heterocycles. The number of amides is 6. The summed E-state index contributed by atoms with van der Waals surface area (Å²) in [5.41, 5.74) is 8.03. The molecule has 1 aromatic heterocycles. The summed E-state index contributed by atoms with van der Waals surface area (Å²) in [6, 6.07) is 56.7. The van der Waals surface area contributed by atoms with Crippen LogP contribution < -0.4 is 21.3 Å². The number of carbonyl (C=O) groups excluding carboxylic acids is 6. The fraction of sp³-hybridized carbons (Fsp3) is 0.329. The third kappa shape index (κ3) is 19.4. The van der Waals surface area contributed by atoms with Crippen LogP contribution in [0.15, 0.2) is 195 Å². The number of aromatic nitrogens is 1. The highest BCUT2D eigenvalue weighted by atomic mass is 79.9. The van der Waals surface area contributed by atoms with Gasteiger partial charge in [0.05, 0.1) is 40.4 Å². The molecule has 10 N–H and O–H groups in total. The van der Waals surface area contributed by atoms with Gasteiger partial charge < -0.3 is 61.7 Å². The van der Waals surface area contributed by atoms with Crippen LogP contribution in [-0.4, -0.2) is 161 Å². The van der Waals surface area contributed by atoms with Crippen molar-refractivity contribution in [2.75, 3.05) is 32.7 Å². The fourth-order valence-electron chi connectivity index (χ4n) is 12.0. The minimum atomic E-state index is -1.86. The lowest BCUT2D eigenvalue weighted by Crippen LogP contribution is -2.56. The quantitative estimate of drug-likeness (QED) is 0.0344. The number of carbonyl (C=O) groups is 6. The normalized spacial score (nSPS) is 17.5. The molecule has 3 aliphatic rings. The molecule has 2 saturated heterocycles. The van der Waals surface area contributed by atoms with Crippen molar-refractivity contribution in [3.05, 3.63) is 239 Å². The van der Waals surface area contributed by atoms with Crippen LogP contribution >= 0.6 is 59.1 Å². The molecule has 11 rings (SSSR count). The lowest BCUT2D eigenvalue weighted by atomic mass is 9.96. The molecular formula is C73H79Br3N8O12S. The van der Waals surface area contributed by atoms with Crippen molar-refractivity contribution in [3.8, 4) is 0 Å². The zero-order valence-electron chi connectivity index (χ0n) is 53.6. The van der Waals surface area contributed by atoms with Crippen molar-refractivity contribution >= 4 is 105 Å². The number of hydrogen-bond donors (Lipinski definition) is 10. The summed E-state index contributed by atoms with van der Waals surface area (Å²) in [6.45, 7) is 7.70. The minimum absolute atomic E-state index is 0.0426. The van der Waals surface area contributed by atoms with E-state index < -0.39 is 84.2 Å². The second-order valence-electron chi connectivity index (χ2n) is 24.2. The molecule has 8 aromatic rings. The summed E-state index contributed by atoms with van der Waals surface area (Å²) >= 11 is 11.6. The number of fused-ring (bicyclic) bond motifs is 2. The van der Waals surface area contributed by atoms with E-state index in [1.807, 2.05) is 158 Å². The molecule has 1 unspecified atom stereocenters. The van der Waals surface area contributed by atoms with Crippen LogP contribution in [0.4, 0.5) is 0 Å². The molecule has 510 valence electrons. The zero-order chi connectivity index (χ0) is 69.4. The van der Waals surface area contributed by atoms with Gasteiger partial charge in [0.15, 0.2) is 36.6 Å². The maximum absolute atomic E-state index is 13.0. The van der Waals surface area contributed by atoms with Gasteiger partial charge in [0.25, 0.3) is 35.4 Å². The molecule has 2 aliphatic heterocycles. The molecule has 1 aliphatic carbocycles. The summed E-state index contributed by atoms with van der Waals surface area (Å²) in [7, 11) is 0. The number of thiazole rings is 1. The number of nitrogens with one attached hydrogen (secondary N) is 4. The van der Waals surface area contributed by atoms with Crippen LogP contribution in [0.2, 0.25) is 0 Å². The highest BCUT2D eigenvalue weighted by Crippen LogP contribution is 2.37. The molecular weight excluding hydrogens is 1450 g/mol. The number of hydrogen-bond acceptors (Lipinski definition) is 15. The number of para-hydroxylation sites is 1. The van der Waals surface area contributed by atoms with E-state index in [1.54, 1.807) is 20.8 Å². The Morgan fingerprint density at radius 3 is 1.29 bits per heavy atom. The SMILES string of the molecule is C[C@H](NC(=O)[C@H](O)[C@@H](O)C(=O)N1CCCC1c1nc2ccccc2s1)c1ccc(Br)cc1.C[C@H](NC(=O)[C@H](O)[C@@H](O)C(=O)N1CCN(C(c2ccccc2)c2ccccc2)CC1)c1ccc(Br)cc1.C[C@H](NC(=O)[C@H](O)[C@@H](O)C(=O)NC1Cc2ccccc2C1)c1ccc(Br)cc1. The number of aliphatic hydroxyl groups excluding tert-OH is 6. The number of aliphatic hydroxyl groups is 6. The summed E-state index contributed by atoms with van der Waals surface area (Å²) in [5, 5.41) is 73.6. The average Bonchev–Trinajstić information content (AvgIpc) is 1.68. The number of piperazine rings is 1. The largest absolute Gasteiger partial charge is 0.380 e. The van der Waals surface area contributed by atoms with Crippen molar-refractivity contribution in [2.24, 2.45) is 0 Å². The van der Waals surface area contributed by atoms with Gasteiger partial charge in [-0.1, -0.05) is 181 Å². The molecule has 7 aromatic carbocycles. The second kappa shape index (κ2) is 34.8. The predicted octanol–water partition coefficient (Wildman–Crippen LogP) is 8.24. The summed E-state index contributed by atoms with van der Waals surface area (Å²) in [5.74, 6) is -4.44. The highest BCUT2D eigenvalue weighted by Gasteiger charge is 2.41. The lowest BCUT2D eigenvalue weighted by Gasteiger charge is -2.40. The van der Waals surface area contributed by atoms with Crippen LogP contribution in [-0.2, 0) is 41.6 Å². The zero-order valence-corrected chi connectivity index (χ0v) is 59.2. The third-order valence-corrected chi connectivity index (χ3v) is 20.1. The van der Waals surface area contributed by atoms with Crippen molar-refractivity contribution in [1.82, 2.24) is 41.0 Å². The molecule has 0 radical (unpaired) electrons. The van der Waals surface area contributed by atoms with Gasteiger partial charge in [-0.15, -0.1) is 11.3 Å². The van der Waals surface area contributed by atoms with E-state index in [4.69, 9.17) is 0 Å². The third-order valence-electron chi connectivity index (χ3n) is 17.4. The first-order valence-corrected chi connectivity index (χ1v) is 35.2. The lowest BCUT2D eigenvalue weighted by molar-refractivity contribution is -0.154. The van der Waals surface area contributed by atoms with Crippen LogP contribution in [0.25, 0.3) is 10.2 Å². The Hall–Kier alpha value is -7.59. The molecule has 24 heteroatoms. The smallest absolute Gasteiger partial charge is 0.255 e. The van der Waals surface area contributed by atoms with E-state index in [9.17, 15) is 59.4 Å². The second-order valence-corrected chi connectivity index (χ2v) is 28.0. The van der Waals surface area contributed by atoms with E-state index >= 15 is 0 Å². The Morgan fingerprint density at radius 2 is 0.845 bits per heavy atom. The Balaban J connectivity index is 0.000000172. The van der Waals surface area contributed by atoms with E-state index in [-0.39, 0.29) is 24.2 Å². The first-order valence-electron chi connectivity index (χ1n) is 32.0. The van der Waals surface area contributed by atoms with E-state index in [1.165, 1.54) is 32.3 Å². The van der Waals surface area contributed by atoms with Crippen molar-refractivity contribution in [3.63, 3.8) is 0 Å².